The lowest BCUT2D eigenvalue weighted by Crippen LogP contribution is -2.46. The zero-order chi connectivity index (χ0) is 17.8. The molecule has 136 valence electrons. The van der Waals surface area contributed by atoms with Gasteiger partial charge in [-0.05, 0) is 38.8 Å². The molecule has 0 saturated carbocycles. The fraction of sp³-hybridized carbons (Fsp3) is 0.611. The summed E-state index contributed by atoms with van der Waals surface area (Å²) in [7, 11) is 0. The molecule has 0 aromatic carbocycles. The Bertz CT molecular complexity index is 721. The standard InChI is InChI=1S/C18H29N7/c1-5-19-18(21-15-12-24(13(2)3)11-14(15)4)20-10-17-23-22-16-8-6-7-9-25(16)17/h6-9,13-15H,5,10-12H2,1-4H3,(H2,19,20,21). The van der Waals surface area contributed by atoms with Crippen molar-refractivity contribution >= 4 is 11.6 Å². The van der Waals surface area contributed by atoms with Gasteiger partial charge in [-0.2, -0.15) is 0 Å². The molecule has 1 aliphatic rings. The quantitative estimate of drug-likeness (QED) is 0.636. The second-order valence-electron chi connectivity index (χ2n) is 7.02. The lowest BCUT2D eigenvalue weighted by Gasteiger charge is -2.21. The number of nitrogens with zero attached hydrogens (tertiary/aromatic N) is 5. The first-order chi connectivity index (χ1) is 12.1. The molecule has 7 heteroatoms. The summed E-state index contributed by atoms with van der Waals surface area (Å²) in [6, 6.07) is 6.88. The van der Waals surface area contributed by atoms with E-state index >= 15 is 0 Å². The Labute approximate surface area is 149 Å². The highest BCUT2D eigenvalue weighted by atomic mass is 15.3. The van der Waals surface area contributed by atoms with Crippen molar-refractivity contribution in [1.29, 1.82) is 0 Å². The normalized spacial score (nSPS) is 22.0. The summed E-state index contributed by atoms with van der Waals surface area (Å²) < 4.78 is 1.98. The van der Waals surface area contributed by atoms with Crippen LogP contribution in [0.5, 0.6) is 0 Å². The number of likely N-dealkylation sites (tertiary alicyclic amines) is 1. The average molecular weight is 343 g/mol. The number of fused-ring (bicyclic) bond motifs is 1. The number of hydrogen-bond donors (Lipinski definition) is 2. The van der Waals surface area contributed by atoms with Gasteiger partial charge in [0, 0.05) is 37.9 Å². The number of guanidine groups is 1. The van der Waals surface area contributed by atoms with Crippen LogP contribution in [0.15, 0.2) is 29.4 Å². The van der Waals surface area contributed by atoms with Crippen molar-refractivity contribution in [3.05, 3.63) is 30.2 Å². The van der Waals surface area contributed by atoms with Crippen LogP contribution in [0.4, 0.5) is 0 Å². The second kappa shape index (κ2) is 7.82. The van der Waals surface area contributed by atoms with E-state index in [0.29, 0.717) is 24.5 Å². The predicted octanol–water partition coefficient (Wildman–Crippen LogP) is 1.51. The third kappa shape index (κ3) is 4.10. The van der Waals surface area contributed by atoms with Crippen LogP contribution in [0, 0.1) is 5.92 Å². The number of pyridine rings is 1. The maximum absolute atomic E-state index is 4.73. The summed E-state index contributed by atoms with van der Waals surface area (Å²) in [5.74, 6) is 2.29. The van der Waals surface area contributed by atoms with Gasteiger partial charge in [0.15, 0.2) is 17.4 Å². The molecule has 2 atom stereocenters. The van der Waals surface area contributed by atoms with Gasteiger partial charge in [-0.3, -0.25) is 9.30 Å². The molecular formula is C18H29N7. The van der Waals surface area contributed by atoms with Crippen molar-refractivity contribution < 1.29 is 0 Å². The van der Waals surface area contributed by atoms with Crippen molar-refractivity contribution in [1.82, 2.24) is 30.1 Å². The van der Waals surface area contributed by atoms with Crippen LogP contribution in [0.25, 0.3) is 5.65 Å². The average Bonchev–Trinajstić information content (AvgIpc) is 3.17. The SMILES string of the molecule is CCNC(=NCc1nnc2ccccn12)NC1CN(C(C)C)CC1C. The summed E-state index contributed by atoms with van der Waals surface area (Å²) in [5.41, 5.74) is 0.850. The number of hydrogen-bond acceptors (Lipinski definition) is 4. The first kappa shape index (κ1) is 17.7. The van der Waals surface area contributed by atoms with Crippen molar-refractivity contribution in [3.8, 4) is 0 Å². The van der Waals surface area contributed by atoms with Gasteiger partial charge in [-0.25, -0.2) is 4.99 Å². The predicted molar refractivity (Wildman–Crippen MR) is 101 cm³/mol. The molecular weight excluding hydrogens is 314 g/mol. The zero-order valence-electron chi connectivity index (χ0n) is 15.6. The van der Waals surface area contributed by atoms with Crippen molar-refractivity contribution in [2.75, 3.05) is 19.6 Å². The highest BCUT2D eigenvalue weighted by Crippen LogP contribution is 2.18. The van der Waals surface area contributed by atoms with Crippen molar-refractivity contribution in [3.63, 3.8) is 0 Å². The molecule has 0 aliphatic carbocycles. The number of aromatic nitrogens is 3. The maximum Gasteiger partial charge on any atom is 0.191 e. The lowest BCUT2D eigenvalue weighted by atomic mass is 10.1. The fourth-order valence-electron chi connectivity index (χ4n) is 3.26. The van der Waals surface area contributed by atoms with Gasteiger partial charge in [0.2, 0.25) is 0 Å². The van der Waals surface area contributed by atoms with E-state index in [9.17, 15) is 0 Å². The molecule has 0 spiro atoms. The summed E-state index contributed by atoms with van der Waals surface area (Å²) in [5, 5.41) is 15.4. The van der Waals surface area contributed by atoms with Gasteiger partial charge >= 0.3 is 0 Å². The smallest absolute Gasteiger partial charge is 0.191 e. The molecule has 3 rings (SSSR count). The summed E-state index contributed by atoms with van der Waals surface area (Å²) >= 11 is 0. The van der Waals surface area contributed by atoms with E-state index < -0.39 is 0 Å². The van der Waals surface area contributed by atoms with Gasteiger partial charge < -0.3 is 10.6 Å². The molecule has 2 N–H and O–H groups in total. The zero-order valence-corrected chi connectivity index (χ0v) is 15.6. The molecule has 0 radical (unpaired) electrons. The van der Waals surface area contributed by atoms with E-state index in [2.05, 4.69) is 53.4 Å². The minimum Gasteiger partial charge on any atom is -0.357 e. The molecule has 2 unspecified atom stereocenters. The highest BCUT2D eigenvalue weighted by Gasteiger charge is 2.31. The molecule has 3 heterocycles. The molecule has 2 aromatic rings. The molecule has 7 nitrogen and oxygen atoms in total. The lowest BCUT2D eigenvalue weighted by molar-refractivity contribution is 0.265. The minimum atomic E-state index is 0.412. The molecule has 1 saturated heterocycles. The Morgan fingerprint density at radius 3 is 2.88 bits per heavy atom. The van der Waals surface area contributed by atoms with Crippen LogP contribution < -0.4 is 10.6 Å². The van der Waals surface area contributed by atoms with Crippen LogP contribution >= 0.6 is 0 Å². The molecule has 0 bridgehead atoms. The number of aliphatic imine (C=N–C) groups is 1. The van der Waals surface area contributed by atoms with E-state index in [-0.39, 0.29) is 0 Å². The largest absolute Gasteiger partial charge is 0.357 e. The van der Waals surface area contributed by atoms with E-state index in [4.69, 9.17) is 4.99 Å². The first-order valence-corrected chi connectivity index (χ1v) is 9.16. The Hall–Kier alpha value is -2.15. The monoisotopic (exact) mass is 343 g/mol. The van der Waals surface area contributed by atoms with E-state index in [1.54, 1.807) is 0 Å². The van der Waals surface area contributed by atoms with Gasteiger partial charge in [-0.15, -0.1) is 10.2 Å². The summed E-state index contributed by atoms with van der Waals surface area (Å²) in [6.07, 6.45) is 1.97. The van der Waals surface area contributed by atoms with Crippen LogP contribution in [0.1, 0.15) is 33.5 Å². The van der Waals surface area contributed by atoms with Crippen LogP contribution in [-0.2, 0) is 6.54 Å². The maximum atomic E-state index is 4.73. The Balaban J connectivity index is 1.69. The fourth-order valence-corrected chi connectivity index (χ4v) is 3.26. The van der Waals surface area contributed by atoms with E-state index in [0.717, 1.165) is 37.1 Å². The van der Waals surface area contributed by atoms with Crippen LogP contribution in [0.3, 0.4) is 0 Å². The van der Waals surface area contributed by atoms with Gasteiger partial charge in [-0.1, -0.05) is 13.0 Å². The third-order valence-electron chi connectivity index (χ3n) is 4.80. The van der Waals surface area contributed by atoms with Crippen LogP contribution in [-0.4, -0.2) is 57.2 Å². The number of nitrogens with one attached hydrogen (secondary N) is 2. The molecule has 0 amide bonds. The van der Waals surface area contributed by atoms with Gasteiger partial charge in [0.25, 0.3) is 0 Å². The Morgan fingerprint density at radius 1 is 1.32 bits per heavy atom. The highest BCUT2D eigenvalue weighted by molar-refractivity contribution is 5.80. The second-order valence-corrected chi connectivity index (χ2v) is 7.02. The summed E-state index contributed by atoms with van der Waals surface area (Å²) in [6.45, 7) is 12.4. The molecule has 2 aromatic heterocycles. The van der Waals surface area contributed by atoms with Crippen molar-refractivity contribution in [2.24, 2.45) is 10.9 Å². The Kier molecular flexibility index (Phi) is 5.53. The minimum absolute atomic E-state index is 0.412. The van der Waals surface area contributed by atoms with Gasteiger partial charge in [0.05, 0.1) is 0 Å². The van der Waals surface area contributed by atoms with Gasteiger partial charge in [0.1, 0.15) is 6.54 Å². The van der Waals surface area contributed by atoms with Crippen LogP contribution in [0.2, 0.25) is 0 Å². The molecule has 1 fully saturated rings. The van der Waals surface area contributed by atoms with E-state index in [1.807, 2.05) is 28.8 Å². The topological polar surface area (TPSA) is 69.8 Å². The summed E-state index contributed by atoms with van der Waals surface area (Å²) in [4.78, 5) is 7.24. The Morgan fingerprint density at radius 2 is 2.16 bits per heavy atom. The number of rotatable bonds is 5. The molecule has 25 heavy (non-hydrogen) atoms. The van der Waals surface area contributed by atoms with Crippen molar-refractivity contribution in [2.45, 2.75) is 46.3 Å². The third-order valence-corrected chi connectivity index (χ3v) is 4.80. The molecule has 1 aliphatic heterocycles. The first-order valence-electron chi connectivity index (χ1n) is 9.16. The van der Waals surface area contributed by atoms with E-state index in [1.165, 1.54) is 0 Å².